The Morgan fingerprint density at radius 3 is 2.67 bits per heavy atom. The maximum Gasteiger partial charge on any atom is 0.245 e. The molecular weight excluding hydrogens is 199 g/mol. The van der Waals surface area contributed by atoms with E-state index in [1.165, 1.54) is 4.90 Å². The van der Waals surface area contributed by atoms with Gasteiger partial charge in [0.2, 0.25) is 11.8 Å². The van der Waals surface area contributed by atoms with Gasteiger partial charge in [-0.25, -0.2) is 0 Å². The molecule has 1 rings (SSSR count). The molecule has 1 aliphatic rings. The van der Waals surface area contributed by atoms with Gasteiger partial charge in [-0.05, 0) is 19.8 Å². The van der Waals surface area contributed by atoms with Crippen molar-refractivity contribution in [2.45, 2.75) is 38.8 Å². The molecule has 0 bridgehead atoms. The van der Waals surface area contributed by atoms with Crippen LogP contribution in [0, 0.1) is 0 Å². The monoisotopic (exact) mass is 216 g/mol. The number of alkyl halides is 1. The Morgan fingerprint density at radius 1 is 1.47 bits per heavy atom. The highest BCUT2D eigenvalue weighted by atomic mass is 19.1. The topological polar surface area (TPSA) is 49.4 Å². The fourth-order valence-corrected chi connectivity index (χ4v) is 1.70. The summed E-state index contributed by atoms with van der Waals surface area (Å²) in [4.78, 5) is 24.8. The Bertz CT molecular complexity index is 258. The first-order chi connectivity index (χ1) is 7.11. The van der Waals surface area contributed by atoms with Crippen LogP contribution in [0.3, 0.4) is 0 Å². The molecule has 15 heavy (non-hydrogen) atoms. The number of nitrogens with zero attached hydrogens (tertiary/aromatic N) is 1. The number of rotatable bonds is 4. The van der Waals surface area contributed by atoms with Crippen molar-refractivity contribution >= 4 is 11.8 Å². The normalized spacial score (nSPS) is 26.7. The second-order valence-corrected chi connectivity index (χ2v) is 3.72. The number of carbonyl (C=O) groups is 2. The van der Waals surface area contributed by atoms with E-state index in [0.717, 1.165) is 0 Å². The summed E-state index contributed by atoms with van der Waals surface area (Å²) in [5.74, 6) is -0.252. The standard InChI is InChI=1S/C10H17FN2O2/c1-3-8-10(15)13(6-4-5-11)7(2)9(14)12-8/h7-8H,3-6H2,1-2H3,(H,12,14). The third-order valence-corrected chi connectivity index (χ3v) is 2.69. The van der Waals surface area contributed by atoms with Crippen LogP contribution >= 0.6 is 0 Å². The lowest BCUT2D eigenvalue weighted by atomic mass is 10.1. The van der Waals surface area contributed by atoms with E-state index in [9.17, 15) is 14.0 Å². The molecule has 4 nitrogen and oxygen atoms in total. The van der Waals surface area contributed by atoms with Crippen LogP contribution in [-0.2, 0) is 9.59 Å². The Hall–Kier alpha value is -1.13. The summed E-state index contributed by atoms with van der Waals surface area (Å²) in [5.41, 5.74) is 0. The molecule has 0 spiro atoms. The van der Waals surface area contributed by atoms with Crippen molar-refractivity contribution in [1.29, 1.82) is 0 Å². The van der Waals surface area contributed by atoms with Crippen molar-refractivity contribution in [2.75, 3.05) is 13.2 Å². The highest BCUT2D eigenvalue weighted by Crippen LogP contribution is 2.12. The van der Waals surface area contributed by atoms with Gasteiger partial charge in [0.1, 0.15) is 12.1 Å². The molecule has 86 valence electrons. The summed E-state index contributed by atoms with van der Waals surface area (Å²) in [6.07, 6.45) is 0.864. The van der Waals surface area contributed by atoms with Gasteiger partial charge in [0.25, 0.3) is 0 Å². The summed E-state index contributed by atoms with van der Waals surface area (Å²) in [5, 5.41) is 2.65. The first-order valence-corrected chi connectivity index (χ1v) is 5.28. The summed E-state index contributed by atoms with van der Waals surface area (Å²) in [6, 6.07) is -0.917. The largest absolute Gasteiger partial charge is 0.343 e. The molecule has 5 heteroatoms. The third-order valence-electron chi connectivity index (χ3n) is 2.69. The molecule has 2 unspecified atom stereocenters. The van der Waals surface area contributed by atoms with Gasteiger partial charge in [0, 0.05) is 6.54 Å². The molecule has 1 fully saturated rings. The van der Waals surface area contributed by atoms with E-state index in [0.29, 0.717) is 19.4 Å². The first-order valence-electron chi connectivity index (χ1n) is 5.28. The SMILES string of the molecule is CCC1NC(=O)C(C)N(CCCF)C1=O. The first kappa shape index (κ1) is 11.9. The highest BCUT2D eigenvalue weighted by Gasteiger charge is 2.36. The maximum absolute atomic E-state index is 12.0. The minimum absolute atomic E-state index is 0.0990. The van der Waals surface area contributed by atoms with E-state index in [1.54, 1.807) is 6.92 Å². The van der Waals surface area contributed by atoms with Crippen molar-refractivity contribution in [2.24, 2.45) is 0 Å². The lowest BCUT2D eigenvalue weighted by Gasteiger charge is -2.36. The van der Waals surface area contributed by atoms with Crippen LogP contribution in [0.1, 0.15) is 26.7 Å². The van der Waals surface area contributed by atoms with Gasteiger partial charge in [0.05, 0.1) is 6.67 Å². The van der Waals surface area contributed by atoms with Crippen molar-refractivity contribution in [1.82, 2.24) is 10.2 Å². The fourth-order valence-electron chi connectivity index (χ4n) is 1.70. The third kappa shape index (κ3) is 2.46. The van der Waals surface area contributed by atoms with Gasteiger partial charge in [-0.1, -0.05) is 6.92 Å². The number of halogens is 1. The molecule has 1 aliphatic heterocycles. The van der Waals surface area contributed by atoms with E-state index in [2.05, 4.69) is 5.32 Å². The predicted molar refractivity (Wildman–Crippen MR) is 54.0 cm³/mol. The molecule has 1 heterocycles. The van der Waals surface area contributed by atoms with Crippen LogP contribution in [0.2, 0.25) is 0 Å². The lowest BCUT2D eigenvalue weighted by molar-refractivity contribution is -0.148. The average molecular weight is 216 g/mol. The van der Waals surface area contributed by atoms with Crippen LogP contribution in [0.5, 0.6) is 0 Å². The zero-order chi connectivity index (χ0) is 11.4. The fraction of sp³-hybridized carbons (Fsp3) is 0.800. The number of nitrogens with one attached hydrogen (secondary N) is 1. The van der Waals surface area contributed by atoms with Crippen LogP contribution in [0.4, 0.5) is 4.39 Å². The van der Waals surface area contributed by atoms with Crippen LogP contribution in [0.25, 0.3) is 0 Å². The van der Waals surface area contributed by atoms with Gasteiger partial charge >= 0.3 is 0 Å². The van der Waals surface area contributed by atoms with E-state index < -0.39 is 18.8 Å². The lowest BCUT2D eigenvalue weighted by Crippen LogP contribution is -2.62. The summed E-state index contributed by atoms with van der Waals surface area (Å²) in [7, 11) is 0. The van der Waals surface area contributed by atoms with Gasteiger partial charge in [-0.3, -0.25) is 14.0 Å². The number of hydrogen-bond acceptors (Lipinski definition) is 2. The molecule has 0 radical (unpaired) electrons. The molecule has 1 saturated heterocycles. The molecule has 0 aromatic carbocycles. The number of carbonyl (C=O) groups excluding carboxylic acids is 2. The molecule has 0 aromatic rings. The second-order valence-electron chi connectivity index (χ2n) is 3.72. The summed E-state index contributed by atoms with van der Waals surface area (Å²) >= 11 is 0. The van der Waals surface area contributed by atoms with Gasteiger partial charge in [-0.2, -0.15) is 0 Å². The zero-order valence-corrected chi connectivity index (χ0v) is 9.12. The molecular formula is C10H17FN2O2. The average Bonchev–Trinajstić information content (AvgIpc) is 2.23. The predicted octanol–water partition coefficient (Wildman–Crippen LogP) is 0.471. The number of amides is 2. The molecule has 0 saturated carbocycles. The molecule has 0 aliphatic carbocycles. The Morgan fingerprint density at radius 2 is 2.13 bits per heavy atom. The van der Waals surface area contributed by atoms with Crippen molar-refractivity contribution in [3.8, 4) is 0 Å². The Labute approximate surface area is 88.8 Å². The Kier molecular flexibility index (Phi) is 4.05. The second kappa shape index (κ2) is 5.09. The zero-order valence-electron chi connectivity index (χ0n) is 9.12. The van der Waals surface area contributed by atoms with E-state index in [1.807, 2.05) is 6.92 Å². The van der Waals surface area contributed by atoms with Gasteiger partial charge in [0.15, 0.2) is 0 Å². The Balaban J connectivity index is 2.71. The summed E-state index contributed by atoms with van der Waals surface area (Å²) in [6.45, 7) is 3.36. The van der Waals surface area contributed by atoms with E-state index in [4.69, 9.17) is 0 Å². The van der Waals surface area contributed by atoms with Crippen molar-refractivity contribution in [3.05, 3.63) is 0 Å². The van der Waals surface area contributed by atoms with Crippen molar-refractivity contribution in [3.63, 3.8) is 0 Å². The number of piperazine rings is 1. The molecule has 1 N–H and O–H groups in total. The smallest absolute Gasteiger partial charge is 0.245 e. The molecule has 2 amide bonds. The quantitative estimate of drug-likeness (QED) is 0.742. The highest BCUT2D eigenvalue weighted by molar-refractivity contribution is 5.96. The van der Waals surface area contributed by atoms with E-state index in [-0.39, 0.29) is 11.8 Å². The van der Waals surface area contributed by atoms with Gasteiger partial charge < -0.3 is 10.2 Å². The molecule has 2 atom stereocenters. The van der Waals surface area contributed by atoms with Crippen molar-refractivity contribution < 1.29 is 14.0 Å². The van der Waals surface area contributed by atoms with Crippen LogP contribution in [0.15, 0.2) is 0 Å². The van der Waals surface area contributed by atoms with Gasteiger partial charge in [-0.15, -0.1) is 0 Å². The van der Waals surface area contributed by atoms with Crippen LogP contribution < -0.4 is 5.32 Å². The van der Waals surface area contributed by atoms with Crippen LogP contribution in [-0.4, -0.2) is 42.0 Å². The summed E-state index contributed by atoms with van der Waals surface area (Å²) < 4.78 is 12.0. The number of hydrogen-bond donors (Lipinski definition) is 1. The maximum atomic E-state index is 12.0. The van der Waals surface area contributed by atoms with E-state index >= 15 is 0 Å². The minimum Gasteiger partial charge on any atom is -0.343 e. The minimum atomic E-state index is -0.480. The molecule has 0 aromatic heterocycles.